The van der Waals surface area contributed by atoms with E-state index < -0.39 is 0 Å². The number of aromatic nitrogens is 2. The molecule has 0 N–H and O–H groups in total. The van der Waals surface area contributed by atoms with Crippen LogP contribution in [0.1, 0.15) is 12.5 Å². The fraction of sp³-hybridized carbons (Fsp3) is 0.333. The number of methoxy groups -OCH3 is 1. The Labute approximate surface area is 187 Å². The number of nitrogens with zero attached hydrogens (tertiary/aromatic N) is 4. The van der Waals surface area contributed by atoms with Gasteiger partial charge in [-0.25, -0.2) is 4.98 Å². The van der Waals surface area contributed by atoms with Crippen LogP contribution >= 0.6 is 11.8 Å². The van der Waals surface area contributed by atoms with Crippen LogP contribution < -0.4 is 4.74 Å². The van der Waals surface area contributed by atoms with Gasteiger partial charge in [0.15, 0.2) is 5.16 Å². The first-order valence-corrected chi connectivity index (χ1v) is 11.4. The first-order chi connectivity index (χ1) is 15.1. The Kier molecular flexibility index (Phi) is 6.94. The molecule has 31 heavy (non-hydrogen) atoms. The van der Waals surface area contributed by atoms with E-state index in [2.05, 4.69) is 34.1 Å². The molecular weight excluding hydrogens is 408 g/mol. The van der Waals surface area contributed by atoms with Crippen molar-refractivity contribution in [1.29, 1.82) is 0 Å². The largest absolute Gasteiger partial charge is 0.497 e. The van der Waals surface area contributed by atoms with Crippen molar-refractivity contribution >= 4 is 17.7 Å². The predicted molar refractivity (Wildman–Crippen MR) is 124 cm³/mol. The first kappa shape index (κ1) is 21.5. The average Bonchev–Trinajstić information content (AvgIpc) is 3.28. The second kappa shape index (κ2) is 10.0. The summed E-state index contributed by atoms with van der Waals surface area (Å²) in [6.45, 7) is 6.24. The topological polar surface area (TPSA) is 50.6 Å². The zero-order chi connectivity index (χ0) is 21.6. The van der Waals surface area contributed by atoms with Crippen LogP contribution in [-0.2, 0) is 11.3 Å². The van der Waals surface area contributed by atoms with Crippen LogP contribution in [0, 0.1) is 0 Å². The zero-order valence-electron chi connectivity index (χ0n) is 18.0. The van der Waals surface area contributed by atoms with Crippen molar-refractivity contribution in [2.24, 2.45) is 0 Å². The van der Waals surface area contributed by atoms with Crippen LogP contribution in [0.4, 0.5) is 0 Å². The summed E-state index contributed by atoms with van der Waals surface area (Å²) in [4.78, 5) is 21.9. The first-order valence-electron chi connectivity index (χ1n) is 10.5. The molecule has 0 spiro atoms. The van der Waals surface area contributed by atoms with Crippen molar-refractivity contribution in [3.63, 3.8) is 0 Å². The second-order valence-electron chi connectivity index (χ2n) is 7.62. The molecule has 1 aliphatic rings. The van der Waals surface area contributed by atoms with Gasteiger partial charge < -0.3 is 9.64 Å². The van der Waals surface area contributed by atoms with Crippen molar-refractivity contribution in [2.75, 3.05) is 33.3 Å². The lowest BCUT2D eigenvalue weighted by Gasteiger charge is -2.35. The molecule has 1 atom stereocenters. The van der Waals surface area contributed by atoms with Crippen molar-refractivity contribution in [3.05, 3.63) is 72.6 Å². The van der Waals surface area contributed by atoms with Crippen LogP contribution in [0.5, 0.6) is 5.75 Å². The van der Waals surface area contributed by atoms with Crippen molar-refractivity contribution in [1.82, 2.24) is 19.4 Å². The Morgan fingerprint density at radius 2 is 1.77 bits per heavy atom. The minimum atomic E-state index is -0.194. The summed E-state index contributed by atoms with van der Waals surface area (Å²) >= 11 is 1.50. The number of piperazine rings is 1. The van der Waals surface area contributed by atoms with Gasteiger partial charge in [0.1, 0.15) is 5.75 Å². The van der Waals surface area contributed by atoms with Crippen LogP contribution in [0.3, 0.4) is 0 Å². The maximum atomic E-state index is 13.1. The summed E-state index contributed by atoms with van der Waals surface area (Å²) < 4.78 is 7.24. The highest BCUT2D eigenvalue weighted by molar-refractivity contribution is 8.00. The third-order valence-corrected chi connectivity index (χ3v) is 6.59. The molecule has 6 nitrogen and oxygen atoms in total. The van der Waals surface area contributed by atoms with Gasteiger partial charge in [-0.1, -0.05) is 42.1 Å². The summed E-state index contributed by atoms with van der Waals surface area (Å²) in [7, 11) is 1.66. The number of carbonyl (C=O) groups is 1. The van der Waals surface area contributed by atoms with E-state index in [1.165, 1.54) is 17.3 Å². The molecule has 1 saturated heterocycles. The van der Waals surface area contributed by atoms with Gasteiger partial charge in [-0.3, -0.25) is 14.3 Å². The lowest BCUT2D eigenvalue weighted by molar-refractivity contribution is -0.132. The molecule has 0 bridgehead atoms. The quantitative estimate of drug-likeness (QED) is 0.529. The summed E-state index contributed by atoms with van der Waals surface area (Å²) in [5.74, 6) is 0.988. The number of ether oxygens (including phenoxy) is 1. The van der Waals surface area contributed by atoms with Crippen LogP contribution in [0.25, 0.3) is 5.69 Å². The molecule has 1 aliphatic heterocycles. The van der Waals surface area contributed by atoms with E-state index in [1.54, 1.807) is 13.3 Å². The van der Waals surface area contributed by atoms with Gasteiger partial charge in [0.05, 0.1) is 12.4 Å². The molecule has 2 heterocycles. The van der Waals surface area contributed by atoms with Gasteiger partial charge in [0.25, 0.3) is 0 Å². The summed E-state index contributed by atoms with van der Waals surface area (Å²) in [6, 6.07) is 18.3. The van der Waals surface area contributed by atoms with E-state index in [4.69, 9.17) is 4.74 Å². The van der Waals surface area contributed by atoms with Crippen molar-refractivity contribution in [3.8, 4) is 11.4 Å². The number of imidazole rings is 1. The number of amides is 1. The molecule has 7 heteroatoms. The molecule has 0 radical (unpaired) electrons. The molecule has 162 valence electrons. The third-order valence-electron chi connectivity index (χ3n) is 5.52. The Bertz CT molecular complexity index is 982. The molecule has 0 aliphatic carbocycles. The zero-order valence-corrected chi connectivity index (χ0v) is 18.8. The number of benzene rings is 2. The summed E-state index contributed by atoms with van der Waals surface area (Å²) in [5.41, 5.74) is 2.31. The number of rotatable bonds is 7. The lowest BCUT2D eigenvalue weighted by Crippen LogP contribution is -2.50. The molecular formula is C24H28N4O2S. The molecule has 2 aromatic carbocycles. The van der Waals surface area contributed by atoms with Gasteiger partial charge in [0, 0.05) is 50.8 Å². The molecule has 4 rings (SSSR count). The minimum absolute atomic E-state index is 0.175. The maximum absolute atomic E-state index is 13.1. The fourth-order valence-corrected chi connectivity index (χ4v) is 4.72. The van der Waals surface area contributed by atoms with E-state index in [0.29, 0.717) is 0 Å². The van der Waals surface area contributed by atoms with Gasteiger partial charge in [0.2, 0.25) is 5.91 Å². The highest BCUT2D eigenvalue weighted by atomic mass is 32.2. The summed E-state index contributed by atoms with van der Waals surface area (Å²) in [5, 5.41) is 0.619. The normalized spacial score (nSPS) is 15.6. The van der Waals surface area contributed by atoms with Gasteiger partial charge in [-0.15, -0.1) is 0 Å². The summed E-state index contributed by atoms with van der Waals surface area (Å²) in [6.07, 6.45) is 3.69. The minimum Gasteiger partial charge on any atom is -0.497 e. The van der Waals surface area contributed by atoms with Crippen LogP contribution in [-0.4, -0.2) is 63.8 Å². The Balaban J connectivity index is 1.33. The van der Waals surface area contributed by atoms with E-state index in [0.717, 1.165) is 49.3 Å². The van der Waals surface area contributed by atoms with Gasteiger partial charge in [-0.05, 0) is 36.8 Å². The second-order valence-corrected chi connectivity index (χ2v) is 8.93. The van der Waals surface area contributed by atoms with E-state index in [1.807, 2.05) is 52.9 Å². The Morgan fingerprint density at radius 1 is 1.06 bits per heavy atom. The Morgan fingerprint density at radius 3 is 2.45 bits per heavy atom. The molecule has 1 amide bonds. The predicted octanol–water partition coefficient (Wildman–Crippen LogP) is 3.71. The number of hydrogen-bond acceptors (Lipinski definition) is 5. The van der Waals surface area contributed by atoms with E-state index in [9.17, 15) is 4.79 Å². The standard InChI is InChI=1S/C24H28N4O2S/c1-19(31-24-25-12-13-28(24)21-8-10-22(30-2)11-9-21)23(29)27-16-14-26(15-17-27)18-20-6-4-3-5-7-20/h3-13,19H,14-18H2,1-2H3. The highest BCUT2D eigenvalue weighted by Gasteiger charge is 2.26. The highest BCUT2D eigenvalue weighted by Crippen LogP contribution is 2.27. The average molecular weight is 437 g/mol. The molecule has 1 aromatic heterocycles. The lowest BCUT2D eigenvalue weighted by atomic mass is 10.2. The van der Waals surface area contributed by atoms with E-state index in [-0.39, 0.29) is 11.2 Å². The third kappa shape index (κ3) is 5.29. The monoisotopic (exact) mass is 436 g/mol. The molecule has 3 aromatic rings. The maximum Gasteiger partial charge on any atom is 0.235 e. The van der Waals surface area contributed by atoms with Gasteiger partial charge >= 0.3 is 0 Å². The number of carbonyl (C=O) groups excluding carboxylic acids is 1. The molecule has 1 unspecified atom stereocenters. The SMILES string of the molecule is COc1ccc(-n2ccnc2SC(C)C(=O)N2CCN(Cc3ccccc3)CC2)cc1. The van der Waals surface area contributed by atoms with Gasteiger partial charge in [-0.2, -0.15) is 0 Å². The molecule has 1 fully saturated rings. The van der Waals surface area contributed by atoms with Crippen molar-refractivity contribution < 1.29 is 9.53 Å². The number of thioether (sulfide) groups is 1. The van der Waals surface area contributed by atoms with Crippen LogP contribution in [0.15, 0.2) is 72.1 Å². The fourth-order valence-electron chi connectivity index (χ4n) is 3.75. The Hall–Kier alpha value is -2.77. The smallest absolute Gasteiger partial charge is 0.235 e. The number of hydrogen-bond donors (Lipinski definition) is 0. The van der Waals surface area contributed by atoms with Crippen LogP contribution in [0.2, 0.25) is 0 Å². The van der Waals surface area contributed by atoms with Crippen molar-refractivity contribution in [2.45, 2.75) is 23.9 Å². The van der Waals surface area contributed by atoms with E-state index >= 15 is 0 Å². The molecule has 0 saturated carbocycles.